The van der Waals surface area contributed by atoms with Crippen LogP contribution in [-0.2, 0) is 20.1 Å². The zero-order valence-electron chi connectivity index (χ0n) is 22.3. The molecule has 0 bridgehead atoms. The summed E-state index contributed by atoms with van der Waals surface area (Å²) in [4.78, 5) is 21.2. The highest BCUT2D eigenvalue weighted by Gasteiger charge is 2.56. The second-order valence-corrected chi connectivity index (χ2v) is 10.9. The van der Waals surface area contributed by atoms with Gasteiger partial charge in [0, 0.05) is 39.8 Å². The number of nitrogens with zero attached hydrogens (tertiary/aromatic N) is 4. The predicted molar refractivity (Wildman–Crippen MR) is 139 cm³/mol. The quantitative estimate of drug-likeness (QED) is 0.341. The molecule has 0 spiro atoms. The van der Waals surface area contributed by atoms with Gasteiger partial charge in [-0.2, -0.15) is 0 Å². The van der Waals surface area contributed by atoms with Crippen LogP contribution in [0.5, 0.6) is 11.6 Å². The maximum absolute atomic E-state index is 13.1. The van der Waals surface area contributed by atoms with Gasteiger partial charge < -0.3 is 18.9 Å². The van der Waals surface area contributed by atoms with E-state index in [1.165, 1.54) is 35.7 Å². The lowest BCUT2D eigenvalue weighted by Gasteiger charge is -2.25. The van der Waals surface area contributed by atoms with E-state index in [1.807, 2.05) is 0 Å². The van der Waals surface area contributed by atoms with E-state index in [0.29, 0.717) is 35.8 Å². The number of hydrogen-bond donors (Lipinski definition) is 0. The van der Waals surface area contributed by atoms with Gasteiger partial charge in [-0.25, -0.2) is 9.78 Å². The molecule has 2 atom stereocenters. The molecule has 7 nitrogen and oxygen atoms in total. The second kappa shape index (κ2) is 10.9. The van der Waals surface area contributed by atoms with Crippen molar-refractivity contribution >= 4 is 6.09 Å². The monoisotopic (exact) mass is 542 g/mol. The van der Waals surface area contributed by atoms with Gasteiger partial charge in [0.2, 0.25) is 5.88 Å². The van der Waals surface area contributed by atoms with E-state index < -0.39 is 12.5 Å². The van der Waals surface area contributed by atoms with Crippen molar-refractivity contribution in [2.24, 2.45) is 24.8 Å². The molecule has 1 saturated carbocycles. The van der Waals surface area contributed by atoms with Crippen LogP contribution >= 0.6 is 0 Å². The molecule has 2 aromatic carbocycles. The molecule has 0 N–H and O–H groups in total. The summed E-state index contributed by atoms with van der Waals surface area (Å²) in [6.07, 6.45) is -2.25. The molecule has 2 aliphatic rings. The van der Waals surface area contributed by atoms with Gasteiger partial charge in [0.25, 0.3) is 0 Å². The lowest BCUT2D eigenvalue weighted by Crippen LogP contribution is -2.36. The summed E-state index contributed by atoms with van der Waals surface area (Å²) in [5.41, 5.74) is 3.14. The largest absolute Gasteiger partial charge is 0.573 e. The summed E-state index contributed by atoms with van der Waals surface area (Å²) >= 11 is 0. The van der Waals surface area contributed by atoms with Crippen LogP contribution in [-0.4, -0.2) is 51.4 Å². The van der Waals surface area contributed by atoms with Crippen LogP contribution in [0.4, 0.5) is 18.0 Å². The van der Waals surface area contributed by atoms with Gasteiger partial charge in [0.05, 0.1) is 12.5 Å². The van der Waals surface area contributed by atoms with E-state index in [9.17, 15) is 18.0 Å². The molecule has 2 fully saturated rings. The van der Waals surface area contributed by atoms with E-state index in [1.54, 1.807) is 28.8 Å². The number of likely N-dealkylation sites (tertiary alicyclic amines) is 1. The second-order valence-electron chi connectivity index (χ2n) is 10.9. The number of hydrogen-bond acceptors (Lipinski definition) is 5. The van der Waals surface area contributed by atoms with Crippen LogP contribution in [0.2, 0.25) is 0 Å². The standard InChI is InChI=1S/C29H33F3N4O3/c1-19(2)22-9-7-20(8-10-22)12-35-14-24-25(15-35)26(24)16-36(28(37)38-27-17-34(3)18-33-27)13-21-5-4-6-23(11-21)39-29(30,31)32/h4-11,17-19,24-26H,12-16H2,1-3H3. The van der Waals surface area contributed by atoms with Crippen molar-refractivity contribution in [1.82, 2.24) is 19.4 Å². The SMILES string of the molecule is CC(C)c1ccc(CN2CC3C(C2)C3CN(Cc2cccc(OC(F)(F)F)c2)C(=O)Oc2cn(C)cn2)cc1. The lowest BCUT2D eigenvalue weighted by atomic mass is 10.0. The van der Waals surface area contributed by atoms with E-state index >= 15 is 0 Å². The van der Waals surface area contributed by atoms with Crippen molar-refractivity contribution in [3.05, 3.63) is 77.7 Å². The molecule has 1 aromatic heterocycles. The van der Waals surface area contributed by atoms with Crippen LogP contribution < -0.4 is 9.47 Å². The normalized spacial score (nSPS) is 20.6. The first-order valence-electron chi connectivity index (χ1n) is 13.1. The highest BCUT2D eigenvalue weighted by atomic mass is 19.4. The number of carbonyl (C=O) groups is 1. The highest BCUT2D eigenvalue weighted by Crippen LogP contribution is 2.52. The Kier molecular flexibility index (Phi) is 7.57. The van der Waals surface area contributed by atoms with Crippen LogP contribution in [0.25, 0.3) is 0 Å². The van der Waals surface area contributed by atoms with Gasteiger partial charge in [-0.1, -0.05) is 50.2 Å². The summed E-state index contributed by atoms with van der Waals surface area (Å²) in [6, 6.07) is 14.5. The Morgan fingerprint density at radius 3 is 2.44 bits per heavy atom. The molecular weight excluding hydrogens is 509 g/mol. The maximum Gasteiger partial charge on any atom is 0.573 e. The van der Waals surface area contributed by atoms with Gasteiger partial charge in [-0.3, -0.25) is 4.90 Å². The number of alkyl halides is 3. The number of ether oxygens (including phenoxy) is 2. The predicted octanol–water partition coefficient (Wildman–Crippen LogP) is 5.82. The summed E-state index contributed by atoms with van der Waals surface area (Å²) in [5.74, 6) is 1.63. The highest BCUT2D eigenvalue weighted by molar-refractivity contribution is 5.70. The number of carbonyl (C=O) groups excluding carboxylic acids is 1. The topological polar surface area (TPSA) is 59.8 Å². The van der Waals surface area contributed by atoms with Gasteiger partial charge in [-0.15, -0.1) is 13.2 Å². The van der Waals surface area contributed by atoms with Gasteiger partial charge in [0.15, 0.2) is 0 Å². The fraction of sp³-hybridized carbons (Fsp3) is 0.448. The smallest absolute Gasteiger partial charge is 0.406 e. The minimum absolute atomic E-state index is 0.0998. The fourth-order valence-electron chi connectivity index (χ4n) is 5.52. The Hall–Kier alpha value is -3.53. The average Bonchev–Trinajstić information content (AvgIpc) is 3.16. The molecule has 1 amide bonds. The molecule has 39 heavy (non-hydrogen) atoms. The zero-order chi connectivity index (χ0) is 27.7. The molecule has 1 saturated heterocycles. The number of amides is 1. The van der Waals surface area contributed by atoms with Crippen molar-refractivity contribution in [2.45, 2.75) is 39.2 Å². The van der Waals surface area contributed by atoms with Gasteiger partial charge in [0.1, 0.15) is 5.75 Å². The average molecular weight is 543 g/mol. The third-order valence-corrected chi connectivity index (χ3v) is 7.57. The molecule has 3 aromatic rings. The first-order chi connectivity index (χ1) is 18.5. The Balaban J connectivity index is 1.22. The van der Waals surface area contributed by atoms with E-state index in [2.05, 4.69) is 52.7 Å². The van der Waals surface area contributed by atoms with Crippen LogP contribution in [0, 0.1) is 17.8 Å². The molecule has 2 unspecified atom stereocenters. The lowest BCUT2D eigenvalue weighted by molar-refractivity contribution is -0.274. The maximum atomic E-state index is 13.1. The number of aryl methyl sites for hydroxylation is 1. The van der Waals surface area contributed by atoms with Gasteiger partial charge >= 0.3 is 12.5 Å². The molecule has 10 heteroatoms. The molecule has 208 valence electrons. The Bertz CT molecular complexity index is 1280. The van der Waals surface area contributed by atoms with Crippen LogP contribution in [0.15, 0.2) is 61.1 Å². The first-order valence-corrected chi connectivity index (χ1v) is 13.1. The van der Waals surface area contributed by atoms with E-state index in [-0.39, 0.29) is 18.2 Å². The summed E-state index contributed by atoms with van der Waals surface area (Å²) in [6.45, 7) is 7.75. The van der Waals surface area contributed by atoms with Crippen molar-refractivity contribution in [3.63, 3.8) is 0 Å². The minimum atomic E-state index is -4.79. The number of piperidine rings is 1. The van der Waals surface area contributed by atoms with Crippen molar-refractivity contribution in [2.75, 3.05) is 19.6 Å². The van der Waals surface area contributed by atoms with Crippen LogP contribution in [0.1, 0.15) is 36.5 Å². The molecule has 0 radical (unpaired) electrons. The zero-order valence-corrected chi connectivity index (χ0v) is 22.3. The Morgan fingerprint density at radius 2 is 1.82 bits per heavy atom. The molecule has 1 aliphatic heterocycles. The Morgan fingerprint density at radius 1 is 1.10 bits per heavy atom. The van der Waals surface area contributed by atoms with Crippen molar-refractivity contribution < 1.29 is 27.4 Å². The van der Waals surface area contributed by atoms with Gasteiger partial charge in [-0.05, 0) is 52.5 Å². The number of rotatable bonds is 9. The number of fused-ring (bicyclic) bond motifs is 1. The third-order valence-electron chi connectivity index (χ3n) is 7.57. The van der Waals surface area contributed by atoms with Crippen LogP contribution in [0.3, 0.4) is 0 Å². The third kappa shape index (κ3) is 6.92. The molecule has 2 heterocycles. The molecule has 5 rings (SSSR count). The van der Waals surface area contributed by atoms with E-state index in [4.69, 9.17) is 4.74 Å². The number of imidazole rings is 1. The molecular formula is C29H33F3N4O3. The summed E-state index contributed by atoms with van der Waals surface area (Å²) < 4.78 is 49.4. The first kappa shape index (κ1) is 27.1. The summed E-state index contributed by atoms with van der Waals surface area (Å²) in [5, 5.41) is 0. The fourth-order valence-corrected chi connectivity index (χ4v) is 5.52. The Labute approximate surface area is 226 Å². The van der Waals surface area contributed by atoms with Crippen molar-refractivity contribution in [3.8, 4) is 11.6 Å². The summed E-state index contributed by atoms with van der Waals surface area (Å²) in [7, 11) is 1.77. The number of halogens is 3. The minimum Gasteiger partial charge on any atom is -0.406 e. The number of benzene rings is 2. The molecule has 1 aliphatic carbocycles. The van der Waals surface area contributed by atoms with E-state index in [0.717, 1.165) is 19.6 Å². The number of aromatic nitrogens is 2. The van der Waals surface area contributed by atoms with Crippen molar-refractivity contribution in [1.29, 1.82) is 0 Å².